The van der Waals surface area contributed by atoms with Crippen LogP contribution in [-0.4, -0.2) is 36.2 Å². The van der Waals surface area contributed by atoms with Crippen LogP contribution < -0.4 is 10.6 Å². The van der Waals surface area contributed by atoms with E-state index in [1.54, 1.807) is 0 Å². The van der Waals surface area contributed by atoms with E-state index in [2.05, 4.69) is 17.6 Å². The van der Waals surface area contributed by atoms with Crippen molar-refractivity contribution in [2.24, 2.45) is 5.92 Å². The number of amides is 1. The van der Waals surface area contributed by atoms with Gasteiger partial charge in [-0.25, -0.2) is 0 Å². The first kappa shape index (κ1) is 13.5. The topological polar surface area (TPSA) is 61.4 Å². The number of hydrogen-bond acceptors (Lipinski definition) is 3. The lowest BCUT2D eigenvalue weighted by atomic mass is 10.0. The van der Waals surface area contributed by atoms with Gasteiger partial charge in [0.25, 0.3) is 0 Å². The lowest BCUT2D eigenvalue weighted by Crippen LogP contribution is -2.44. The van der Waals surface area contributed by atoms with Crippen molar-refractivity contribution in [3.8, 4) is 0 Å². The van der Waals surface area contributed by atoms with E-state index < -0.39 is 0 Å². The maximum absolute atomic E-state index is 11.6. The van der Waals surface area contributed by atoms with Crippen LogP contribution in [0.1, 0.15) is 39.5 Å². The molecule has 2 atom stereocenters. The van der Waals surface area contributed by atoms with Crippen LogP contribution in [0.2, 0.25) is 0 Å². The van der Waals surface area contributed by atoms with Crippen LogP contribution in [0.25, 0.3) is 0 Å². The fraction of sp³-hybridized carbons (Fsp3) is 0.917. The molecule has 0 aromatic carbocycles. The Bertz CT molecular complexity index is 217. The minimum atomic E-state index is -0.131. The zero-order valence-corrected chi connectivity index (χ0v) is 10.3. The van der Waals surface area contributed by atoms with E-state index in [9.17, 15) is 4.79 Å². The molecule has 0 aliphatic heterocycles. The largest absolute Gasteiger partial charge is 0.396 e. The summed E-state index contributed by atoms with van der Waals surface area (Å²) in [5, 5.41) is 15.1. The lowest BCUT2D eigenvalue weighted by molar-refractivity contribution is -0.122. The molecule has 0 saturated heterocycles. The van der Waals surface area contributed by atoms with Crippen molar-refractivity contribution in [1.29, 1.82) is 0 Å². The fourth-order valence-electron chi connectivity index (χ4n) is 1.62. The Morgan fingerprint density at radius 2 is 2.19 bits per heavy atom. The molecule has 0 spiro atoms. The van der Waals surface area contributed by atoms with Gasteiger partial charge in [0.2, 0.25) is 5.91 Å². The van der Waals surface area contributed by atoms with E-state index in [0.717, 1.165) is 32.2 Å². The summed E-state index contributed by atoms with van der Waals surface area (Å²) in [6, 6.07) is 0.296. The van der Waals surface area contributed by atoms with Crippen LogP contribution in [0.4, 0.5) is 0 Å². The van der Waals surface area contributed by atoms with Crippen LogP contribution in [0.15, 0.2) is 0 Å². The van der Waals surface area contributed by atoms with Crippen molar-refractivity contribution in [1.82, 2.24) is 10.6 Å². The molecule has 3 N–H and O–H groups in total. The molecule has 1 aliphatic carbocycles. The Balaban J connectivity index is 2.15. The number of rotatable bonds is 8. The van der Waals surface area contributed by atoms with Gasteiger partial charge in [0.15, 0.2) is 0 Å². The summed E-state index contributed by atoms with van der Waals surface area (Å²) >= 11 is 0. The van der Waals surface area contributed by atoms with Crippen molar-refractivity contribution in [3.05, 3.63) is 0 Å². The molecule has 0 aromatic heterocycles. The summed E-state index contributed by atoms with van der Waals surface area (Å²) in [7, 11) is 0. The molecular weight excluding hydrogens is 204 g/mol. The number of carbonyl (C=O) groups is 1. The van der Waals surface area contributed by atoms with E-state index in [4.69, 9.17) is 5.11 Å². The SMILES string of the molecule is CCC(CCO)CNC(C)C(=O)NC1CC1. The van der Waals surface area contributed by atoms with E-state index in [1.807, 2.05) is 6.92 Å². The van der Waals surface area contributed by atoms with E-state index in [1.165, 1.54) is 0 Å². The van der Waals surface area contributed by atoms with Gasteiger partial charge in [-0.1, -0.05) is 13.3 Å². The van der Waals surface area contributed by atoms with Crippen molar-refractivity contribution in [2.75, 3.05) is 13.2 Å². The van der Waals surface area contributed by atoms with Crippen molar-refractivity contribution in [3.63, 3.8) is 0 Å². The highest BCUT2D eigenvalue weighted by Crippen LogP contribution is 2.18. The first-order valence-corrected chi connectivity index (χ1v) is 6.32. The molecule has 1 fully saturated rings. The Morgan fingerprint density at radius 1 is 1.50 bits per heavy atom. The van der Waals surface area contributed by atoms with Crippen molar-refractivity contribution in [2.45, 2.75) is 51.6 Å². The third-order valence-corrected chi connectivity index (χ3v) is 3.14. The van der Waals surface area contributed by atoms with Crippen LogP contribution in [0.3, 0.4) is 0 Å². The second kappa shape index (κ2) is 6.86. The number of nitrogens with one attached hydrogen (secondary N) is 2. The molecule has 4 nitrogen and oxygen atoms in total. The quantitative estimate of drug-likeness (QED) is 0.572. The van der Waals surface area contributed by atoms with Crippen LogP contribution in [0, 0.1) is 5.92 Å². The molecule has 4 heteroatoms. The minimum Gasteiger partial charge on any atom is -0.396 e. The standard InChI is InChI=1S/C12H24N2O2/c1-3-10(6-7-15)8-13-9(2)12(16)14-11-4-5-11/h9-11,13,15H,3-8H2,1-2H3,(H,14,16). The van der Waals surface area contributed by atoms with Crippen LogP contribution >= 0.6 is 0 Å². The Morgan fingerprint density at radius 3 is 2.69 bits per heavy atom. The monoisotopic (exact) mass is 228 g/mol. The summed E-state index contributed by atoms with van der Waals surface area (Å²) in [6.07, 6.45) is 4.09. The molecular formula is C12H24N2O2. The molecule has 1 saturated carbocycles. The first-order chi connectivity index (χ1) is 7.67. The summed E-state index contributed by atoms with van der Waals surface area (Å²) < 4.78 is 0. The average molecular weight is 228 g/mol. The van der Waals surface area contributed by atoms with Gasteiger partial charge < -0.3 is 15.7 Å². The zero-order valence-electron chi connectivity index (χ0n) is 10.3. The molecule has 0 radical (unpaired) electrons. The van der Waals surface area contributed by atoms with Gasteiger partial charge in [-0.05, 0) is 38.6 Å². The van der Waals surface area contributed by atoms with Crippen molar-refractivity contribution >= 4 is 5.91 Å². The highest BCUT2D eigenvalue weighted by atomic mass is 16.3. The Labute approximate surface area is 97.8 Å². The van der Waals surface area contributed by atoms with Gasteiger partial charge in [-0.3, -0.25) is 4.79 Å². The summed E-state index contributed by atoms with van der Waals surface area (Å²) in [5.74, 6) is 0.558. The van der Waals surface area contributed by atoms with Gasteiger partial charge in [0.1, 0.15) is 0 Å². The normalized spacial score (nSPS) is 19.2. The van der Waals surface area contributed by atoms with Gasteiger partial charge in [0.05, 0.1) is 6.04 Å². The Kier molecular flexibility index (Phi) is 5.77. The summed E-state index contributed by atoms with van der Waals surface area (Å²) in [4.78, 5) is 11.6. The van der Waals surface area contributed by atoms with Crippen LogP contribution in [0.5, 0.6) is 0 Å². The van der Waals surface area contributed by atoms with Gasteiger partial charge >= 0.3 is 0 Å². The first-order valence-electron chi connectivity index (χ1n) is 6.32. The van der Waals surface area contributed by atoms with Gasteiger partial charge in [-0.2, -0.15) is 0 Å². The lowest BCUT2D eigenvalue weighted by Gasteiger charge is -2.18. The number of aliphatic hydroxyl groups is 1. The molecule has 1 rings (SSSR count). The molecule has 0 bridgehead atoms. The molecule has 0 aromatic rings. The molecule has 1 amide bonds. The average Bonchev–Trinajstić information content (AvgIpc) is 3.07. The molecule has 16 heavy (non-hydrogen) atoms. The number of hydrogen-bond donors (Lipinski definition) is 3. The fourth-order valence-corrected chi connectivity index (χ4v) is 1.62. The predicted octanol–water partition coefficient (Wildman–Crippen LogP) is 0.652. The van der Waals surface area contributed by atoms with E-state index in [0.29, 0.717) is 12.0 Å². The third kappa shape index (κ3) is 4.94. The maximum Gasteiger partial charge on any atom is 0.237 e. The molecule has 0 heterocycles. The highest BCUT2D eigenvalue weighted by Gasteiger charge is 2.25. The van der Waals surface area contributed by atoms with Crippen molar-refractivity contribution < 1.29 is 9.90 Å². The zero-order chi connectivity index (χ0) is 12.0. The second-order valence-corrected chi connectivity index (χ2v) is 4.70. The number of aliphatic hydroxyl groups excluding tert-OH is 1. The molecule has 94 valence electrons. The predicted molar refractivity (Wildman–Crippen MR) is 64.1 cm³/mol. The maximum atomic E-state index is 11.6. The smallest absolute Gasteiger partial charge is 0.237 e. The minimum absolute atomic E-state index is 0.0985. The number of carbonyl (C=O) groups excluding carboxylic acids is 1. The van der Waals surface area contributed by atoms with Gasteiger partial charge in [0, 0.05) is 12.6 Å². The summed E-state index contributed by atoms with van der Waals surface area (Å²) in [5.41, 5.74) is 0. The summed E-state index contributed by atoms with van der Waals surface area (Å²) in [6.45, 7) is 5.03. The van der Waals surface area contributed by atoms with E-state index >= 15 is 0 Å². The highest BCUT2D eigenvalue weighted by molar-refractivity contribution is 5.81. The van der Waals surface area contributed by atoms with Crippen LogP contribution in [-0.2, 0) is 4.79 Å². The van der Waals surface area contributed by atoms with Gasteiger partial charge in [-0.15, -0.1) is 0 Å². The second-order valence-electron chi connectivity index (χ2n) is 4.70. The third-order valence-electron chi connectivity index (χ3n) is 3.14. The molecule has 1 aliphatic rings. The Hall–Kier alpha value is -0.610. The van der Waals surface area contributed by atoms with E-state index in [-0.39, 0.29) is 18.6 Å². The molecule has 2 unspecified atom stereocenters.